The Labute approximate surface area is 117 Å². The largest absolute Gasteiger partial charge is 0.489 e. The van der Waals surface area contributed by atoms with Crippen LogP contribution in [0.1, 0.15) is 38.4 Å². The van der Waals surface area contributed by atoms with Gasteiger partial charge in [0.05, 0.1) is 11.1 Å². The lowest BCUT2D eigenvalue weighted by molar-refractivity contribution is 0.173. The summed E-state index contributed by atoms with van der Waals surface area (Å²) in [6, 6.07) is 5.72. The van der Waals surface area contributed by atoms with E-state index in [2.05, 4.69) is 10.5 Å². The zero-order chi connectivity index (χ0) is 13.4. The summed E-state index contributed by atoms with van der Waals surface area (Å²) < 4.78 is 5.61. The molecule has 1 heterocycles. The van der Waals surface area contributed by atoms with E-state index in [1.807, 2.05) is 32.0 Å². The summed E-state index contributed by atoms with van der Waals surface area (Å²) in [5.74, 6) is 2.03. The summed E-state index contributed by atoms with van der Waals surface area (Å²) in [4.78, 5) is 9.94. The second-order valence-corrected chi connectivity index (χ2v) is 5.63. The van der Waals surface area contributed by atoms with Crippen LogP contribution < -0.4 is 10.2 Å². The van der Waals surface area contributed by atoms with Crippen LogP contribution in [0.2, 0.25) is 5.02 Å². The molecule has 1 aliphatic carbocycles. The first kappa shape index (κ1) is 12.8. The van der Waals surface area contributed by atoms with Crippen molar-refractivity contribution in [3.05, 3.63) is 28.8 Å². The number of benzene rings is 1. The van der Waals surface area contributed by atoms with Crippen molar-refractivity contribution in [3.63, 3.8) is 0 Å². The molecule has 0 spiro atoms. The van der Waals surface area contributed by atoms with Gasteiger partial charge in [0.15, 0.2) is 6.17 Å². The highest BCUT2D eigenvalue weighted by Gasteiger charge is 2.34. The van der Waals surface area contributed by atoms with Crippen molar-refractivity contribution in [2.45, 2.75) is 39.0 Å². The third-order valence-electron chi connectivity index (χ3n) is 3.09. The average Bonchev–Trinajstić information content (AvgIpc) is 3.10. The quantitative estimate of drug-likeness (QED) is 0.918. The van der Waals surface area contributed by atoms with E-state index in [1.54, 1.807) is 0 Å². The first-order chi connectivity index (χ1) is 9.13. The number of ether oxygens (including phenoxy) is 1. The number of hydroxylamine groups is 1. The standard InChI is InChI=1S/C14H17ClN2O2/c1-8(2)18-12-6-5-10(7-11(12)15)13-16-14(19-17-13)9-3-4-9/h5-9,13,17H,3-4H2,1-2H3. The van der Waals surface area contributed by atoms with Gasteiger partial charge in [0.25, 0.3) is 0 Å². The number of halogens is 1. The van der Waals surface area contributed by atoms with Crippen LogP contribution in [0.25, 0.3) is 0 Å². The normalized spacial score (nSPS) is 22.3. The van der Waals surface area contributed by atoms with Gasteiger partial charge >= 0.3 is 0 Å². The van der Waals surface area contributed by atoms with Gasteiger partial charge in [0.2, 0.25) is 5.90 Å². The molecular weight excluding hydrogens is 264 g/mol. The van der Waals surface area contributed by atoms with Gasteiger partial charge in [-0.3, -0.25) is 0 Å². The maximum atomic E-state index is 6.22. The fraction of sp³-hybridized carbons (Fsp3) is 0.500. The molecule has 1 unspecified atom stereocenters. The Kier molecular flexibility index (Phi) is 3.37. The van der Waals surface area contributed by atoms with Crippen LogP contribution in [-0.4, -0.2) is 12.0 Å². The highest BCUT2D eigenvalue weighted by Crippen LogP contribution is 2.35. The van der Waals surface area contributed by atoms with Crippen LogP contribution in [0.4, 0.5) is 0 Å². The molecule has 1 aromatic rings. The molecule has 1 aromatic carbocycles. The van der Waals surface area contributed by atoms with Crippen LogP contribution in [0.3, 0.4) is 0 Å². The Balaban J connectivity index is 1.76. The van der Waals surface area contributed by atoms with E-state index >= 15 is 0 Å². The molecule has 3 rings (SSSR count). The SMILES string of the molecule is CC(C)Oc1ccc(C2N=C(C3CC3)ON2)cc1Cl. The van der Waals surface area contributed by atoms with Gasteiger partial charge in [-0.25, -0.2) is 4.99 Å². The number of hydrogen-bond acceptors (Lipinski definition) is 4. The van der Waals surface area contributed by atoms with Crippen LogP contribution in [0, 0.1) is 5.92 Å². The molecule has 1 saturated carbocycles. The predicted octanol–water partition coefficient (Wildman–Crippen LogP) is 3.47. The number of nitrogens with one attached hydrogen (secondary N) is 1. The number of rotatable bonds is 4. The minimum atomic E-state index is -0.166. The predicted molar refractivity (Wildman–Crippen MR) is 74.3 cm³/mol. The summed E-state index contributed by atoms with van der Waals surface area (Å²) in [7, 11) is 0. The Morgan fingerprint density at radius 2 is 2.21 bits per heavy atom. The van der Waals surface area contributed by atoms with Crippen molar-refractivity contribution in [2.24, 2.45) is 10.9 Å². The van der Waals surface area contributed by atoms with E-state index in [9.17, 15) is 0 Å². The maximum Gasteiger partial charge on any atom is 0.214 e. The molecule has 1 fully saturated rings. The highest BCUT2D eigenvalue weighted by molar-refractivity contribution is 6.32. The number of nitrogens with zero attached hydrogens (tertiary/aromatic N) is 1. The third-order valence-corrected chi connectivity index (χ3v) is 3.39. The fourth-order valence-electron chi connectivity index (χ4n) is 1.99. The number of hydrogen-bond donors (Lipinski definition) is 1. The Morgan fingerprint density at radius 1 is 1.42 bits per heavy atom. The third kappa shape index (κ3) is 2.85. The van der Waals surface area contributed by atoms with Crippen molar-refractivity contribution < 1.29 is 9.57 Å². The van der Waals surface area contributed by atoms with Crippen LogP contribution in [0.5, 0.6) is 5.75 Å². The van der Waals surface area contributed by atoms with Crippen LogP contribution in [0.15, 0.2) is 23.2 Å². The zero-order valence-electron chi connectivity index (χ0n) is 11.0. The molecule has 0 saturated heterocycles. The minimum absolute atomic E-state index is 0.107. The van der Waals surface area contributed by atoms with E-state index in [0.29, 0.717) is 16.7 Å². The van der Waals surface area contributed by atoms with Crippen LogP contribution >= 0.6 is 11.6 Å². The topological polar surface area (TPSA) is 42.9 Å². The van der Waals surface area contributed by atoms with Crippen molar-refractivity contribution in [1.82, 2.24) is 5.48 Å². The summed E-state index contributed by atoms with van der Waals surface area (Å²) in [5, 5.41) is 0.600. The fourth-order valence-corrected chi connectivity index (χ4v) is 2.23. The molecule has 0 bridgehead atoms. The van der Waals surface area contributed by atoms with Crippen molar-refractivity contribution in [1.29, 1.82) is 0 Å². The molecule has 2 aliphatic rings. The van der Waals surface area contributed by atoms with E-state index in [1.165, 1.54) is 12.8 Å². The van der Waals surface area contributed by atoms with E-state index < -0.39 is 0 Å². The highest BCUT2D eigenvalue weighted by atomic mass is 35.5. The van der Waals surface area contributed by atoms with Gasteiger partial charge < -0.3 is 9.57 Å². The molecule has 0 radical (unpaired) electrons. The Morgan fingerprint density at radius 3 is 2.84 bits per heavy atom. The Bertz CT molecular complexity index is 512. The second-order valence-electron chi connectivity index (χ2n) is 5.22. The smallest absolute Gasteiger partial charge is 0.214 e. The molecule has 4 nitrogen and oxygen atoms in total. The van der Waals surface area contributed by atoms with Gasteiger partial charge in [-0.1, -0.05) is 17.7 Å². The monoisotopic (exact) mass is 280 g/mol. The summed E-state index contributed by atoms with van der Waals surface area (Å²) in [5.41, 5.74) is 3.91. The van der Waals surface area contributed by atoms with Crippen molar-refractivity contribution >= 4 is 17.5 Å². The summed E-state index contributed by atoms with van der Waals surface area (Å²) >= 11 is 6.22. The second kappa shape index (κ2) is 5.02. The van der Waals surface area contributed by atoms with Crippen molar-refractivity contribution in [2.75, 3.05) is 0 Å². The summed E-state index contributed by atoms with van der Waals surface area (Å²) in [6.45, 7) is 3.95. The lowest BCUT2D eigenvalue weighted by Crippen LogP contribution is -2.15. The molecule has 0 amide bonds. The minimum Gasteiger partial charge on any atom is -0.489 e. The van der Waals surface area contributed by atoms with E-state index in [-0.39, 0.29) is 12.3 Å². The van der Waals surface area contributed by atoms with Gasteiger partial charge in [0, 0.05) is 5.92 Å². The molecule has 1 aliphatic heterocycles. The Hall–Kier alpha value is -1.26. The summed E-state index contributed by atoms with van der Waals surface area (Å²) in [6.07, 6.45) is 2.29. The first-order valence-corrected chi connectivity index (χ1v) is 6.97. The number of aliphatic imine (C=N–C) groups is 1. The van der Waals surface area contributed by atoms with E-state index in [0.717, 1.165) is 11.5 Å². The zero-order valence-corrected chi connectivity index (χ0v) is 11.8. The molecular formula is C14H17ClN2O2. The average molecular weight is 281 g/mol. The first-order valence-electron chi connectivity index (χ1n) is 6.59. The molecule has 102 valence electrons. The molecule has 1 N–H and O–H groups in total. The molecule has 1 atom stereocenters. The molecule has 0 aromatic heterocycles. The molecule has 19 heavy (non-hydrogen) atoms. The van der Waals surface area contributed by atoms with Crippen LogP contribution in [-0.2, 0) is 4.84 Å². The molecule has 5 heteroatoms. The lowest BCUT2D eigenvalue weighted by Gasteiger charge is -2.13. The van der Waals surface area contributed by atoms with Gasteiger partial charge in [0.1, 0.15) is 5.75 Å². The van der Waals surface area contributed by atoms with Gasteiger partial charge in [-0.2, -0.15) is 0 Å². The maximum absolute atomic E-state index is 6.22. The van der Waals surface area contributed by atoms with Gasteiger partial charge in [-0.05, 0) is 44.4 Å². The van der Waals surface area contributed by atoms with E-state index in [4.69, 9.17) is 21.2 Å². The van der Waals surface area contributed by atoms with Gasteiger partial charge in [-0.15, -0.1) is 5.48 Å². The van der Waals surface area contributed by atoms with Crippen molar-refractivity contribution in [3.8, 4) is 5.75 Å². The lowest BCUT2D eigenvalue weighted by atomic mass is 10.1.